The van der Waals surface area contributed by atoms with Crippen molar-refractivity contribution in [1.29, 1.82) is 0 Å². The van der Waals surface area contributed by atoms with Crippen LogP contribution in [0.15, 0.2) is 36.4 Å². The van der Waals surface area contributed by atoms with Crippen molar-refractivity contribution in [3.05, 3.63) is 53.1 Å². The molecule has 0 aliphatic heterocycles. The molecule has 0 amide bonds. The molecule has 0 saturated heterocycles. The van der Waals surface area contributed by atoms with Gasteiger partial charge in [0.05, 0.1) is 21.3 Å². The van der Waals surface area contributed by atoms with E-state index >= 15 is 0 Å². The Bertz CT molecular complexity index is 623. The second-order valence-corrected chi connectivity index (χ2v) is 5.33. The number of nitrogens with two attached hydrogens (primary N) is 1. The summed E-state index contributed by atoms with van der Waals surface area (Å²) in [6.07, 6.45) is 2.63. The van der Waals surface area contributed by atoms with Crippen LogP contribution in [-0.4, -0.2) is 27.9 Å². The number of rotatable bonds is 8. The SMILES string of the molecule is COc1ccc(CCc2c(CCN)ccc(OC)c2OC)cc1. The third-order valence-electron chi connectivity index (χ3n) is 3.98. The summed E-state index contributed by atoms with van der Waals surface area (Å²) in [7, 11) is 5.02. The lowest BCUT2D eigenvalue weighted by molar-refractivity contribution is 0.351. The van der Waals surface area contributed by atoms with Crippen LogP contribution in [0, 0.1) is 0 Å². The fourth-order valence-electron chi connectivity index (χ4n) is 2.76. The van der Waals surface area contributed by atoms with E-state index in [9.17, 15) is 0 Å². The normalized spacial score (nSPS) is 10.4. The van der Waals surface area contributed by atoms with Crippen LogP contribution in [0.1, 0.15) is 16.7 Å². The zero-order valence-corrected chi connectivity index (χ0v) is 14.1. The Hall–Kier alpha value is -2.20. The standard InChI is InChI=1S/C19H25NO3/c1-21-16-8-4-14(5-9-16)6-10-17-15(12-13-20)7-11-18(22-2)19(17)23-3/h4-5,7-9,11H,6,10,12-13,20H2,1-3H3. The van der Waals surface area contributed by atoms with E-state index in [2.05, 4.69) is 18.2 Å². The summed E-state index contributed by atoms with van der Waals surface area (Å²) in [5.41, 5.74) is 9.40. The van der Waals surface area contributed by atoms with Gasteiger partial charge >= 0.3 is 0 Å². The first kappa shape index (κ1) is 17.2. The highest BCUT2D eigenvalue weighted by atomic mass is 16.5. The van der Waals surface area contributed by atoms with Gasteiger partial charge in [0.2, 0.25) is 0 Å². The minimum Gasteiger partial charge on any atom is -0.497 e. The zero-order valence-electron chi connectivity index (χ0n) is 14.1. The number of hydrogen-bond donors (Lipinski definition) is 1. The first-order chi connectivity index (χ1) is 11.2. The van der Waals surface area contributed by atoms with Gasteiger partial charge < -0.3 is 19.9 Å². The Kier molecular flexibility index (Phi) is 6.29. The molecule has 4 heteroatoms. The van der Waals surface area contributed by atoms with Gasteiger partial charge in [-0.15, -0.1) is 0 Å². The van der Waals surface area contributed by atoms with Gasteiger partial charge in [-0.1, -0.05) is 18.2 Å². The molecule has 0 atom stereocenters. The second-order valence-electron chi connectivity index (χ2n) is 5.33. The molecule has 124 valence electrons. The van der Waals surface area contributed by atoms with Gasteiger partial charge in [-0.2, -0.15) is 0 Å². The van der Waals surface area contributed by atoms with Gasteiger partial charge in [0, 0.05) is 5.56 Å². The Labute approximate surface area is 138 Å². The smallest absolute Gasteiger partial charge is 0.164 e. The zero-order chi connectivity index (χ0) is 16.7. The van der Waals surface area contributed by atoms with E-state index < -0.39 is 0 Å². The summed E-state index contributed by atoms with van der Waals surface area (Å²) in [5, 5.41) is 0. The van der Waals surface area contributed by atoms with E-state index in [1.54, 1.807) is 21.3 Å². The predicted octanol–water partition coefficient (Wildman–Crippen LogP) is 3.00. The Balaban J connectivity index is 2.24. The monoisotopic (exact) mass is 315 g/mol. The summed E-state index contributed by atoms with van der Waals surface area (Å²) in [6, 6.07) is 12.2. The van der Waals surface area contributed by atoms with Crippen LogP contribution < -0.4 is 19.9 Å². The minimum absolute atomic E-state index is 0.616. The Morgan fingerprint density at radius 2 is 1.52 bits per heavy atom. The van der Waals surface area contributed by atoms with Crippen LogP contribution in [-0.2, 0) is 19.3 Å². The molecule has 2 aromatic rings. The first-order valence-electron chi connectivity index (χ1n) is 7.79. The molecule has 23 heavy (non-hydrogen) atoms. The summed E-state index contributed by atoms with van der Waals surface area (Å²) in [6.45, 7) is 0.616. The fourth-order valence-corrected chi connectivity index (χ4v) is 2.76. The minimum atomic E-state index is 0.616. The number of aryl methyl sites for hydroxylation is 1. The van der Waals surface area contributed by atoms with Crippen molar-refractivity contribution in [3.8, 4) is 17.2 Å². The van der Waals surface area contributed by atoms with Crippen LogP contribution >= 0.6 is 0 Å². The summed E-state index contributed by atoms with van der Waals surface area (Å²) in [5.74, 6) is 2.45. The lowest BCUT2D eigenvalue weighted by Gasteiger charge is -2.17. The van der Waals surface area contributed by atoms with Crippen LogP contribution in [0.5, 0.6) is 17.2 Å². The van der Waals surface area contributed by atoms with Crippen molar-refractivity contribution in [2.75, 3.05) is 27.9 Å². The van der Waals surface area contributed by atoms with E-state index in [-0.39, 0.29) is 0 Å². The molecule has 0 unspecified atom stereocenters. The van der Waals surface area contributed by atoms with E-state index in [1.165, 1.54) is 16.7 Å². The highest BCUT2D eigenvalue weighted by Gasteiger charge is 2.14. The van der Waals surface area contributed by atoms with Crippen molar-refractivity contribution in [2.45, 2.75) is 19.3 Å². The Morgan fingerprint density at radius 3 is 2.09 bits per heavy atom. The molecular weight excluding hydrogens is 290 g/mol. The van der Waals surface area contributed by atoms with Crippen molar-refractivity contribution in [1.82, 2.24) is 0 Å². The van der Waals surface area contributed by atoms with E-state index in [4.69, 9.17) is 19.9 Å². The summed E-state index contributed by atoms with van der Waals surface area (Å²) < 4.78 is 16.2. The third kappa shape index (κ3) is 4.17. The molecule has 0 spiro atoms. The van der Waals surface area contributed by atoms with Crippen molar-refractivity contribution >= 4 is 0 Å². The van der Waals surface area contributed by atoms with Crippen molar-refractivity contribution in [3.63, 3.8) is 0 Å². The lowest BCUT2D eigenvalue weighted by atomic mass is 9.96. The molecular formula is C19H25NO3. The molecule has 2 rings (SSSR count). The van der Waals surface area contributed by atoms with Crippen LogP contribution in [0.25, 0.3) is 0 Å². The fraction of sp³-hybridized carbons (Fsp3) is 0.368. The largest absolute Gasteiger partial charge is 0.497 e. The molecule has 0 aliphatic carbocycles. The summed E-state index contributed by atoms with van der Waals surface area (Å²) >= 11 is 0. The quantitative estimate of drug-likeness (QED) is 0.813. The lowest BCUT2D eigenvalue weighted by Crippen LogP contribution is -2.08. The maximum atomic E-state index is 5.74. The Morgan fingerprint density at radius 1 is 0.783 bits per heavy atom. The first-order valence-corrected chi connectivity index (χ1v) is 7.79. The average molecular weight is 315 g/mol. The highest BCUT2D eigenvalue weighted by Crippen LogP contribution is 2.34. The van der Waals surface area contributed by atoms with Crippen molar-refractivity contribution < 1.29 is 14.2 Å². The summed E-state index contributed by atoms with van der Waals surface area (Å²) in [4.78, 5) is 0. The van der Waals surface area contributed by atoms with Gasteiger partial charge in [-0.05, 0) is 55.1 Å². The third-order valence-corrected chi connectivity index (χ3v) is 3.98. The van der Waals surface area contributed by atoms with Crippen molar-refractivity contribution in [2.24, 2.45) is 5.73 Å². The number of benzene rings is 2. The van der Waals surface area contributed by atoms with E-state index in [0.29, 0.717) is 6.54 Å². The molecule has 0 heterocycles. The number of ether oxygens (including phenoxy) is 3. The maximum Gasteiger partial charge on any atom is 0.164 e. The van der Waals surface area contributed by atoms with Gasteiger partial charge in [0.1, 0.15) is 5.75 Å². The molecule has 4 nitrogen and oxygen atoms in total. The predicted molar refractivity (Wildman–Crippen MR) is 92.7 cm³/mol. The molecule has 0 radical (unpaired) electrons. The molecule has 0 fully saturated rings. The number of hydrogen-bond acceptors (Lipinski definition) is 4. The highest BCUT2D eigenvalue weighted by molar-refractivity contribution is 5.51. The molecule has 0 bridgehead atoms. The van der Waals surface area contributed by atoms with Crippen LogP contribution in [0.4, 0.5) is 0 Å². The van der Waals surface area contributed by atoms with Crippen LogP contribution in [0.2, 0.25) is 0 Å². The molecule has 2 aromatic carbocycles. The van der Waals surface area contributed by atoms with Gasteiger partial charge in [-0.3, -0.25) is 0 Å². The van der Waals surface area contributed by atoms with E-state index in [1.807, 2.05) is 18.2 Å². The maximum absolute atomic E-state index is 5.74. The number of methoxy groups -OCH3 is 3. The molecule has 0 aromatic heterocycles. The molecule has 0 saturated carbocycles. The second kappa shape index (κ2) is 8.44. The van der Waals surface area contributed by atoms with Gasteiger partial charge in [0.15, 0.2) is 11.5 Å². The van der Waals surface area contributed by atoms with E-state index in [0.717, 1.165) is 36.5 Å². The van der Waals surface area contributed by atoms with Crippen LogP contribution in [0.3, 0.4) is 0 Å². The average Bonchev–Trinajstić information content (AvgIpc) is 2.60. The van der Waals surface area contributed by atoms with Gasteiger partial charge in [0.25, 0.3) is 0 Å². The van der Waals surface area contributed by atoms with Gasteiger partial charge in [-0.25, -0.2) is 0 Å². The topological polar surface area (TPSA) is 53.7 Å². The molecule has 0 aliphatic rings. The molecule has 2 N–H and O–H groups in total.